The lowest BCUT2D eigenvalue weighted by Gasteiger charge is -2.31. The van der Waals surface area contributed by atoms with Crippen molar-refractivity contribution in [2.45, 2.75) is 0 Å². The Balaban J connectivity index is 1.67. The van der Waals surface area contributed by atoms with Gasteiger partial charge in [0.25, 0.3) is 0 Å². The number of rotatable bonds is 4. The number of benzene rings is 3. The zero-order valence-corrected chi connectivity index (χ0v) is 16.3. The number of hydrogen-bond acceptors (Lipinski definition) is 5. The second-order valence-electron chi connectivity index (χ2n) is 5.96. The fourth-order valence-electron chi connectivity index (χ4n) is 2.88. The highest BCUT2D eigenvalue weighted by atomic mass is 35.5. The molecule has 1 aliphatic heterocycles. The van der Waals surface area contributed by atoms with Gasteiger partial charge in [0.15, 0.2) is 0 Å². The monoisotopic (exact) mass is 395 g/mol. The van der Waals surface area contributed by atoms with Crippen LogP contribution in [-0.2, 0) is 0 Å². The minimum atomic E-state index is 0.703. The van der Waals surface area contributed by atoms with Crippen molar-refractivity contribution in [2.24, 2.45) is 5.10 Å². The molecule has 0 radical (unpaired) electrons. The first-order valence-corrected chi connectivity index (χ1v) is 9.84. The van der Waals surface area contributed by atoms with Crippen molar-refractivity contribution < 1.29 is 4.74 Å². The number of hydrogen-bond donors (Lipinski definition) is 1. The maximum atomic E-state index is 6.29. The normalized spacial score (nSPS) is 14.7. The van der Waals surface area contributed by atoms with Crippen LogP contribution in [0.5, 0.6) is 5.75 Å². The number of methoxy groups -OCH3 is 1. The standard InChI is InChI=1S/C21H18ClN3OS/c1-26-18-10-8-17(9-11-18)25-14-27-21(19-12-7-15(22)13-20(19)25)24-23-16-5-3-2-4-6-16/h2-13,23H,14H2,1H3/b24-21-. The lowest BCUT2D eigenvalue weighted by molar-refractivity contribution is 0.415. The van der Waals surface area contributed by atoms with Crippen LogP contribution in [0.4, 0.5) is 17.1 Å². The van der Waals surface area contributed by atoms with Crippen molar-refractivity contribution in [1.29, 1.82) is 0 Å². The molecular formula is C21H18ClN3OS. The summed E-state index contributed by atoms with van der Waals surface area (Å²) in [6.07, 6.45) is 0. The van der Waals surface area contributed by atoms with Crippen LogP contribution in [0.15, 0.2) is 77.9 Å². The van der Waals surface area contributed by atoms with E-state index in [2.05, 4.69) is 27.6 Å². The van der Waals surface area contributed by atoms with Crippen LogP contribution in [0.3, 0.4) is 0 Å². The van der Waals surface area contributed by atoms with E-state index in [1.165, 1.54) is 0 Å². The molecule has 6 heteroatoms. The molecule has 0 atom stereocenters. The molecule has 3 aromatic rings. The van der Waals surface area contributed by atoms with Crippen molar-refractivity contribution in [3.8, 4) is 5.75 Å². The van der Waals surface area contributed by atoms with Gasteiger partial charge in [-0.3, -0.25) is 5.43 Å². The van der Waals surface area contributed by atoms with E-state index in [1.54, 1.807) is 18.9 Å². The summed E-state index contributed by atoms with van der Waals surface area (Å²) in [7, 11) is 1.67. The Bertz CT molecular complexity index is 961. The number of halogens is 1. The first-order valence-electron chi connectivity index (χ1n) is 8.47. The third kappa shape index (κ3) is 3.89. The summed E-state index contributed by atoms with van der Waals surface area (Å²) >= 11 is 7.97. The lowest BCUT2D eigenvalue weighted by atomic mass is 10.1. The molecule has 136 valence electrons. The summed E-state index contributed by atoms with van der Waals surface area (Å²) < 4.78 is 5.26. The van der Waals surface area contributed by atoms with Crippen LogP contribution >= 0.6 is 23.4 Å². The molecule has 0 bridgehead atoms. The van der Waals surface area contributed by atoms with Gasteiger partial charge in [-0.05, 0) is 54.6 Å². The molecule has 0 spiro atoms. The van der Waals surface area contributed by atoms with Crippen molar-refractivity contribution >= 4 is 45.5 Å². The maximum Gasteiger partial charge on any atom is 0.127 e. The van der Waals surface area contributed by atoms with E-state index in [0.29, 0.717) is 5.02 Å². The van der Waals surface area contributed by atoms with Gasteiger partial charge in [0.1, 0.15) is 10.8 Å². The minimum absolute atomic E-state index is 0.703. The topological polar surface area (TPSA) is 36.9 Å². The van der Waals surface area contributed by atoms with Crippen LogP contribution < -0.4 is 15.1 Å². The fourth-order valence-corrected chi connectivity index (χ4v) is 4.02. The second kappa shape index (κ2) is 7.94. The van der Waals surface area contributed by atoms with Crippen LogP contribution in [0.1, 0.15) is 5.56 Å². The van der Waals surface area contributed by atoms with Crippen LogP contribution in [0.2, 0.25) is 5.02 Å². The molecule has 4 nitrogen and oxygen atoms in total. The van der Waals surface area contributed by atoms with Gasteiger partial charge < -0.3 is 9.64 Å². The molecule has 4 rings (SSSR count). The SMILES string of the molecule is COc1ccc(N2CS/C(=N\Nc3ccccc3)c3ccc(Cl)cc32)cc1. The molecule has 1 heterocycles. The van der Waals surface area contributed by atoms with Gasteiger partial charge in [-0.2, -0.15) is 5.10 Å². The molecule has 1 N–H and O–H groups in total. The van der Waals surface area contributed by atoms with Crippen molar-refractivity contribution in [1.82, 2.24) is 0 Å². The molecule has 27 heavy (non-hydrogen) atoms. The number of hydrazone groups is 1. The Kier molecular flexibility index (Phi) is 5.23. The van der Waals surface area contributed by atoms with Crippen molar-refractivity contribution in [2.75, 3.05) is 23.3 Å². The van der Waals surface area contributed by atoms with E-state index >= 15 is 0 Å². The first-order chi connectivity index (χ1) is 13.2. The molecule has 0 fully saturated rings. The number of nitrogens with one attached hydrogen (secondary N) is 1. The fraction of sp³-hybridized carbons (Fsp3) is 0.0952. The van der Waals surface area contributed by atoms with Gasteiger partial charge in [-0.25, -0.2) is 0 Å². The maximum absolute atomic E-state index is 6.29. The van der Waals surface area contributed by atoms with Gasteiger partial charge in [0.2, 0.25) is 0 Å². The smallest absolute Gasteiger partial charge is 0.127 e. The minimum Gasteiger partial charge on any atom is -0.497 e. The Morgan fingerprint density at radius 3 is 2.56 bits per heavy atom. The summed E-state index contributed by atoms with van der Waals surface area (Å²) in [5.74, 6) is 1.58. The van der Waals surface area contributed by atoms with Crippen LogP contribution in [-0.4, -0.2) is 18.0 Å². The highest BCUT2D eigenvalue weighted by Gasteiger charge is 2.24. The molecular weight excluding hydrogens is 378 g/mol. The Hall–Kier alpha value is -2.63. The molecule has 0 amide bonds. The van der Waals surface area contributed by atoms with Crippen molar-refractivity contribution in [3.63, 3.8) is 0 Å². The zero-order valence-electron chi connectivity index (χ0n) is 14.7. The lowest BCUT2D eigenvalue weighted by Crippen LogP contribution is -2.25. The van der Waals surface area contributed by atoms with Crippen molar-refractivity contribution in [3.05, 3.63) is 83.4 Å². The number of para-hydroxylation sites is 1. The summed E-state index contributed by atoms with van der Waals surface area (Å²) in [6, 6.07) is 23.9. The van der Waals surface area contributed by atoms with E-state index in [1.807, 2.05) is 60.7 Å². The third-order valence-corrected chi connectivity index (χ3v) is 5.46. The molecule has 0 aliphatic carbocycles. The molecule has 1 aliphatic rings. The van der Waals surface area contributed by atoms with E-state index in [9.17, 15) is 0 Å². The predicted molar refractivity (Wildman–Crippen MR) is 116 cm³/mol. The summed E-state index contributed by atoms with van der Waals surface area (Å²) in [4.78, 5) is 2.23. The molecule has 0 unspecified atom stereocenters. The van der Waals surface area contributed by atoms with Gasteiger partial charge in [0, 0.05) is 16.3 Å². The van der Waals surface area contributed by atoms with Gasteiger partial charge >= 0.3 is 0 Å². The second-order valence-corrected chi connectivity index (χ2v) is 7.33. The molecule has 0 saturated heterocycles. The van der Waals surface area contributed by atoms with Gasteiger partial charge in [0.05, 0.1) is 24.4 Å². The summed E-state index contributed by atoms with van der Waals surface area (Å²) in [5, 5.41) is 6.26. The van der Waals surface area contributed by atoms with Crippen LogP contribution in [0.25, 0.3) is 0 Å². The largest absolute Gasteiger partial charge is 0.497 e. The third-order valence-electron chi connectivity index (χ3n) is 4.26. The summed E-state index contributed by atoms with van der Waals surface area (Å²) in [6.45, 7) is 0. The average molecular weight is 396 g/mol. The number of thioether (sulfide) groups is 1. The number of anilines is 3. The highest BCUT2D eigenvalue weighted by Crippen LogP contribution is 2.39. The average Bonchev–Trinajstić information content (AvgIpc) is 2.72. The Morgan fingerprint density at radius 2 is 1.81 bits per heavy atom. The van der Waals surface area contributed by atoms with Gasteiger partial charge in [-0.15, -0.1) is 0 Å². The van der Waals surface area contributed by atoms with E-state index < -0.39 is 0 Å². The van der Waals surface area contributed by atoms with E-state index in [0.717, 1.165) is 39.3 Å². The molecule has 3 aromatic carbocycles. The number of ether oxygens (including phenoxy) is 1. The van der Waals surface area contributed by atoms with Crippen LogP contribution in [0, 0.1) is 0 Å². The summed E-state index contributed by atoms with van der Waals surface area (Å²) in [5.41, 5.74) is 7.27. The highest BCUT2D eigenvalue weighted by molar-refractivity contribution is 8.14. The van der Waals surface area contributed by atoms with E-state index in [-0.39, 0.29) is 0 Å². The Labute approximate surface area is 167 Å². The number of fused-ring (bicyclic) bond motifs is 1. The molecule has 0 saturated carbocycles. The Morgan fingerprint density at radius 1 is 1.04 bits per heavy atom. The predicted octanol–water partition coefficient (Wildman–Crippen LogP) is 5.96. The van der Waals surface area contributed by atoms with Gasteiger partial charge in [-0.1, -0.05) is 41.6 Å². The zero-order chi connectivity index (χ0) is 18.6. The number of nitrogens with zero attached hydrogens (tertiary/aromatic N) is 2. The first kappa shape index (κ1) is 17.8. The molecule has 0 aromatic heterocycles. The van der Waals surface area contributed by atoms with E-state index in [4.69, 9.17) is 16.3 Å². The quantitative estimate of drug-likeness (QED) is 0.552.